The molecule has 3 saturated carbocycles. The van der Waals surface area contributed by atoms with Crippen LogP contribution in [-0.2, 0) is 11.3 Å². The van der Waals surface area contributed by atoms with Crippen LogP contribution in [0, 0.1) is 40.4 Å². The normalized spacial score (nSPS) is 40.5. The van der Waals surface area contributed by atoms with Crippen molar-refractivity contribution in [1.29, 1.82) is 0 Å². The number of amides is 1. The van der Waals surface area contributed by atoms with Crippen LogP contribution in [0.3, 0.4) is 0 Å². The topological polar surface area (TPSA) is 49.8 Å². The third kappa shape index (κ3) is 4.54. The zero-order chi connectivity index (χ0) is 24.6. The summed E-state index contributed by atoms with van der Waals surface area (Å²) in [6.45, 7) is 9.20. The summed E-state index contributed by atoms with van der Waals surface area (Å²) < 4.78 is 5.66. The van der Waals surface area contributed by atoms with Crippen molar-refractivity contribution in [3.8, 4) is 0 Å². The van der Waals surface area contributed by atoms with Gasteiger partial charge in [-0.05, 0) is 90.9 Å². The second kappa shape index (κ2) is 10.1. The molecule has 4 nitrogen and oxygen atoms in total. The fourth-order valence-corrected chi connectivity index (χ4v) is 9.13. The van der Waals surface area contributed by atoms with Gasteiger partial charge in [-0.2, -0.15) is 0 Å². The van der Waals surface area contributed by atoms with Crippen LogP contribution >= 0.6 is 0 Å². The zero-order valence-corrected chi connectivity index (χ0v) is 22.3. The molecule has 1 heterocycles. The molecule has 5 rings (SSSR count). The molecule has 1 aliphatic heterocycles. The Morgan fingerprint density at radius 3 is 2.60 bits per heavy atom. The van der Waals surface area contributed by atoms with Crippen LogP contribution in [0.25, 0.3) is 0 Å². The van der Waals surface area contributed by atoms with Gasteiger partial charge < -0.3 is 14.7 Å². The number of benzene rings is 1. The second-order valence-electron chi connectivity index (χ2n) is 12.8. The lowest BCUT2D eigenvalue weighted by Crippen LogP contribution is -2.61. The Balaban J connectivity index is 1.24. The number of aliphatic hydroxyl groups is 1. The molecule has 8 atom stereocenters. The fourth-order valence-electron chi connectivity index (χ4n) is 9.13. The highest BCUT2D eigenvalue weighted by atomic mass is 16.6. The molecule has 0 bridgehead atoms. The predicted octanol–water partition coefficient (Wildman–Crippen LogP) is 7.06. The Morgan fingerprint density at radius 2 is 1.83 bits per heavy atom. The number of rotatable bonds is 6. The Labute approximate surface area is 212 Å². The number of carbonyl (C=O) groups excluding carboxylic acids is 1. The summed E-state index contributed by atoms with van der Waals surface area (Å²) >= 11 is 0. The number of ether oxygens (including phenoxy) is 1. The highest BCUT2D eigenvalue weighted by Gasteiger charge is 2.62. The molecular formula is C31H47NO3. The van der Waals surface area contributed by atoms with Gasteiger partial charge in [0.1, 0.15) is 6.61 Å². The van der Waals surface area contributed by atoms with Gasteiger partial charge in [0.15, 0.2) is 0 Å². The first-order chi connectivity index (χ1) is 16.9. The van der Waals surface area contributed by atoms with E-state index < -0.39 is 0 Å². The molecular weight excluding hydrogens is 434 g/mol. The molecule has 1 N–H and O–H groups in total. The highest BCUT2D eigenvalue weighted by molar-refractivity contribution is 5.67. The Hall–Kier alpha value is -1.55. The van der Waals surface area contributed by atoms with E-state index in [1.54, 1.807) is 0 Å². The first-order valence-corrected chi connectivity index (χ1v) is 14.5. The Kier molecular flexibility index (Phi) is 7.23. The van der Waals surface area contributed by atoms with Crippen molar-refractivity contribution in [2.24, 2.45) is 40.4 Å². The maximum absolute atomic E-state index is 12.9. The van der Waals surface area contributed by atoms with E-state index in [2.05, 4.69) is 20.8 Å². The molecule has 1 amide bonds. The summed E-state index contributed by atoms with van der Waals surface area (Å²) in [4.78, 5) is 14.8. The van der Waals surface area contributed by atoms with E-state index in [9.17, 15) is 9.90 Å². The van der Waals surface area contributed by atoms with E-state index in [0.717, 1.165) is 37.4 Å². The first kappa shape index (κ1) is 25.1. The average Bonchev–Trinajstić information content (AvgIpc) is 3.20. The number of aliphatic hydroxyl groups excluding tert-OH is 1. The van der Waals surface area contributed by atoms with Crippen LogP contribution in [0.4, 0.5) is 4.79 Å². The van der Waals surface area contributed by atoms with Crippen molar-refractivity contribution < 1.29 is 14.6 Å². The van der Waals surface area contributed by atoms with Crippen LogP contribution < -0.4 is 0 Å². The lowest BCUT2D eigenvalue weighted by atomic mass is 9.45. The Bertz CT molecular complexity index is 873. The minimum absolute atomic E-state index is 0.200. The molecule has 1 aromatic rings. The maximum Gasteiger partial charge on any atom is 0.410 e. The van der Waals surface area contributed by atoms with Crippen LogP contribution in [0.1, 0.15) is 90.5 Å². The quantitative estimate of drug-likeness (QED) is 0.443. The lowest BCUT2D eigenvalue weighted by molar-refractivity contribution is -0.168. The molecule has 1 aromatic carbocycles. The monoisotopic (exact) mass is 481 g/mol. The standard InChI is InChI=1S/C31H47NO3/c1-4-5-7-12-23-13-14-25-28-26(15-16-30(23,25)2)31(3)17-18-32(20-24(31)19-27(28)33)29(34)35-21-22-10-8-6-9-11-22/h6,8-11,23-28,33H,4-5,7,12-21H2,1-3H3. The van der Waals surface area contributed by atoms with Crippen LogP contribution in [0.2, 0.25) is 0 Å². The molecule has 0 radical (unpaired) electrons. The van der Waals surface area contributed by atoms with Gasteiger partial charge in [-0.25, -0.2) is 4.79 Å². The van der Waals surface area contributed by atoms with E-state index in [1.807, 2.05) is 35.2 Å². The van der Waals surface area contributed by atoms with Gasteiger partial charge in [-0.1, -0.05) is 70.4 Å². The van der Waals surface area contributed by atoms with E-state index in [0.29, 0.717) is 35.7 Å². The second-order valence-corrected chi connectivity index (χ2v) is 12.8. The molecule has 194 valence electrons. The maximum atomic E-state index is 12.9. The molecule has 4 heteroatoms. The lowest BCUT2D eigenvalue weighted by Gasteiger charge is -2.62. The van der Waals surface area contributed by atoms with Crippen LogP contribution in [0.5, 0.6) is 0 Å². The summed E-state index contributed by atoms with van der Waals surface area (Å²) in [6.07, 6.45) is 12.1. The van der Waals surface area contributed by atoms with Crippen molar-refractivity contribution in [2.45, 2.75) is 97.7 Å². The molecule has 8 unspecified atom stereocenters. The number of piperidine rings is 1. The Morgan fingerprint density at radius 1 is 1.06 bits per heavy atom. The number of nitrogens with zero attached hydrogens (tertiary/aromatic N) is 1. The third-order valence-electron chi connectivity index (χ3n) is 11.3. The number of hydrogen-bond acceptors (Lipinski definition) is 3. The molecule has 3 aliphatic carbocycles. The number of unbranched alkanes of at least 4 members (excludes halogenated alkanes) is 2. The molecule has 0 spiro atoms. The summed E-state index contributed by atoms with van der Waals surface area (Å²) in [5, 5.41) is 11.6. The number of fused-ring (bicyclic) bond motifs is 5. The molecule has 4 aliphatic rings. The van der Waals surface area contributed by atoms with E-state index in [4.69, 9.17) is 4.74 Å². The highest BCUT2D eigenvalue weighted by Crippen LogP contribution is 2.67. The van der Waals surface area contributed by atoms with Crippen LogP contribution in [-0.4, -0.2) is 35.3 Å². The third-order valence-corrected chi connectivity index (χ3v) is 11.3. The predicted molar refractivity (Wildman–Crippen MR) is 140 cm³/mol. The fraction of sp³-hybridized carbons (Fsp3) is 0.774. The molecule has 35 heavy (non-hydrogen) atoms. The summed E-state index contributed by atoms with van der Waals surface area (Å²) in [7, 11) is 0. The van der Waals surface area contributed by atoms with Gasteiger partial charge in [0, 0.05) is 13.1 Å². The van der Waals surface area contributed by atoms with Gasteiger partial charge in [0.2, 0.25) is 0 Å². The minimum atomic E-state index is -0.225. The zero-order valence-electron chi connectivity index (χ0n) is 22.3. The number of carbonyl (C=O) groups is 1. The average molecular weight is 482 g/mol. The number of hydrogen-bond donors (Lipinski definition) is 1. The van der Waals surface area contributed by atoms with E-state index in [-0.39, 0.29) is 17.6 Å². The van der Waals surface area contributed by atoms with Gasteiger partial charge in [-0.15, -0.1) is 0 Å². The minimum Gasteiger partial charge on any atom is -0.445 e. The largest absolute Gasteiger partial charge is 0.445 e. The van der Waals surface area contributed by atoms with Crippen molar-refractivity contribution >= 4 is 6.09 Å². The number of likely N-dealkylation sites (tertiary alicyclic amines) is 1. The van der Waals surface area contributed by atoms with Gasteiger partial charge >= 0.3 is 6.09 Å². The summed E-state index contributed by atoms with van der Waals surface area (Å²) in [5.74, 6) is 2.92. The van der Waals surface area contributed by atoms with Crippen LogP contribution in [0.15, 0.2) is 30.3 Å². The van der Waals surface area contributed by atoms with Gasteiger partial charge in [0.25, 0.3) is 0 Å². The first-order valence-electron chi connectivity index (χ1n) is 14.5. The molecule has 1 saturated heterocycles. The molecule has 4 fully saturated rings. The van der Waals surface area contributed by atoms with Gasteiger partial charge in [0.05, 0.1) is 6.10 Å². The molecule has 0 aromatic heterocycles. The van der Waals surface area contributed by atoms with E-state index in [1.165, 1.54) is 51.4 Å². The van der Waals surface area contributed by atoms with Crippen molar-refractivity contribution in [1.82, 2.24) is 4.90 Å². The SMILES string of the molecule is CCCCCC1CCC2C3C(O)CC4CN(C(=O)OCc5ccccc5)CCC4(C)C3CCC12C. The van der Waals surface area contributed by atoms with Crippen molar-refractivity contribution in [2.75, 3.05) is 13.1 Å². The summed E-state index contributed by atoms with van der Waals surface area (Å²) in [6, 6.07) is 9.91. The smallest absolute Gasteiger partial charge is 0.410 e. The van der Waals surface area contributed by atoms with Gasteiger partial charge in [-0.3, -0.25) is 0 Å². The van der Waals surface area contributed by atoms with E-state index >= 15 is 0 Å². The van der Waals surface area contributed by atoms with Crippen molar-refractivity contribution in [3.05, 3.63) is 35.9 Å². The van der Waals surface area contributed by atoms with Crippen molar-refractivity contribution in [3.63, 3.8) is 0 Å². The summed E-state index contributed by atoms with van der Waals surface area (Å²) in [5.41, 5.74) is 1.66.